The van der Waals surface area contributed by atoms with Crippen LogP contribution in [0.1, 0.15) is 27.2 Å². The molecule has 0 aromatic carbocycles. The van der Waals surface area contributed by atoms with Gasteiger partial charge in [-0.05, 0) is 27.8 Å². The molecule has 1 fully saturated rings. The maximum Gasteiger partial charge on any atom is 0.154 e. The van der Waals surface area contributed by atoms with Crippen LogP contribution in [-0.2, 0) is 4.79 Å². The molecule has 0 bridgehead atoms. The average Bonchev–Trinajstić information content (AvgIpc) is 1.97. The molecule has 0 radical (unpaired) electrons. The van der Waals surface area contributed by atoms with Crippen LogP contribution in [0.3, 0.4) is 0 Å². The van der Waals surface area contributed by atoms with Gasteiger partial charge in [-0.1, -0.05) is 0 Å². The molecule has 0 N–H and O–H groups in total. The second-order valence-electron chi connectivity index (χ2n) is 3.65. The van der Waals surface area contributed by atoms with Crippen LogP contribution in [0.25, 0.3) is 0 Å². The van der Waals surface area contributed by atoms with Crippen LogP contribution in [0.5, 0.6) is 0 Å². The van der Waals surface area contributed by atoms with Crippen molar-refractivity contribution in [3.63, 3.8) is 0 Å². The molecule has 10 heavy (non-hydrogen) atoms. The van der Waals surface area contributed by atoms with E-state index in [-0.39, 0.29) is 5.54 Å². The summed E-state index contributed by atoms with van der Waals surface area (Å²) in [6, 6.07) is 0.419. The molecule has 0 aliphatic carbocycles. The smallest absolute Gasteiger partial charge is 0.154 e. The number of likely N-dealkylation sites (N-methyl/N-ethyl adjacent to an activating group) is 1. The Labute approximate surface area is 62.2 Å². The van der Waals surface area contributed by atoms with Crippen molar-refractivity contribution in [2.24, 2.45) is 0 Å². The van der Waals surface area contributed by atoms with Crippen LogP contribution in [0, 0.1) is 0 Å². The molecule has 0 saturated carbocycles. The summed E-state index contributed by atoms with van der Waals surface area (Å²) in [5, 5.41) is 0. The lowest BCUT2D eigenvalue weighted by atomic mass is 10.0. The van der Waals surface area contributed by atoms with Gasteiger partial charge in [0.05, 0.1) is 5.54 Å². The van der Waals surface area contributed by atoms with Crippen molar-refractivity contribution in [2.75, 3.05) is 7.05 Å². The van der Waals surface area contributed by atoms with Gasteiger partial charge in [0, 0.05) is 12.5 Å². The molecule has 1 heterocycles. The monoisotopic (exact) mass is 141 g/mol. The summed E-state index contributed by atoms with van der Waals surface area (Å²) in [6.07, 6.45) is 0.712. The molecule has 1 unspecified atom stereocenters. The molecule has 0 aromatic rings. The summed E-state index contributed by atoms with van der Waals surface area (Å²) in [4.78, 5) is 13.4. The fourth-order valence-electron chi connectivity index (χ4n) is 1.40. The van der Waals surface area contributed by atoms with E-state index in [1.54, 1.807) is 0 Å². The van der Waals surface area contributed by atoms with E-state index in [0.29, 0.717) is 18.2 Å². The Balaban J connectivity index is 2.85. The molecule has 1 aliphatic heterocycles. The molecule has 0 amide bonds. The number of hydrogen-bond acceptors (Lipinski definition) is 2. The van der Waals surface area contributed by atoms with Crippen LogP contribution in [-0.4, -0.2) is 29.3 Å². The third kappa shape index (κ3) is 0.870. The normalized spacial score (nSPS) is 33.2. The lowest BCUT2D eigenvalue weighted by molar-refractivity contribution is -0.123. The second-order valence-corrected chi connectivity index (χ2v) is 3.65. The molecule has 58 valence electrons. The molecule has 1 rings (SSSR count). The Bertz CT molecular complexity index is 163. The van der Waals surface area contributed by atoms with Gasteiger partial charge >= 0.3 is 0 Å². The highest BCUT2D eigenvalue weighted by molar-refractivity contribution is 5.90. The lowest BCUT2D eigenvalue weighted by Crippen LogP contribution is -2.42. The number of rotatable bonds is 0. The topological polar surface area (TPSA) is 20.3 Å². The SMILES string of the molecule is CC1CC(=O)C(C)(C)N1C. The summed E-state index contributed by atoms with van der Waals surface area (Å²) in [5.41, 5.74) is -0.223. The van der Waals surface area contributed by atoms with Crippen LogP contribution >= 0.6 is 0 Å². The molecule has 0 spiro atoms. The first-order chi connectivity index (χ1) is 4.46. The first-order valence-electron chi connectivity index (χ1n) is 3.72. The Kier molecular flexibility index (Phi) is 1.59. The summed E-state index contributed by atoms with van der Waals surface area (Å²) < 4.78 is 0. The number of Topliss-reactive ketones (excluding diaryl/α,β-unsaturated/α-hetero) is 1. The first kappa shape index (κ1) is 7.73. The number of likely N-dealkylation sites (tertiary alicyclic amines) is 1. The number of carbonyl (C=O) groups excluding carboxylic acids is 1. The summed E-state index contributed by atoms with van der Waals surface area (Å²) in [6.45, 7) is 6.06. The molecule has 1 aliphatic rings. The summed E-state index contributed by atoms with van der Waals surface area (Å²) >= 11 is 0. The zero-order valence-corrected chi connectivity index (χ0v) is 7.14. The van der Waals surface area contributed by atoms with Gasteiger partial charge in [0.2, 0.25) is 0 Å². The van der Waals surface area contributed by atoms with Gasteiger partial charge in [0.1, 0.15) is 0 Å². The minimum absolute atomic E-state index is 0.223. The highest BCUT2D eigenvalue weighted by Gasteiger charge is 2.41. The number of nitrogens with zero attached hydrogens (tertiary/aromatic N) is 1. The van der Waals surface area contributed by atoms with Crippen LogP contribution < -0.4 is 0 Å². The zero-order chi connectivity index (χ0) is 7.94. The molecule has 0 aromatic heterocycles. The molecular formula is C8H15NO. The fraction of sp³-hybridized carbons (Fsp3) is 0.875. The van der Waals surface area contributed by atoms with Crippen LogP contribution in [0.2, 0.25) is 0 Å². The minimum atomic E-state index is -0.223. The predicted molar refractivity (Wildman–Crippen MR) is 40.9 cm³/mol. The van der Waals surface area contributed by atoms with E-state index < -0.39 is 0 Å². The Morgan fingerprint density at radius 2 is 2.10 bits per heavy atom. The molecule has 2 heteroatoms. The van der Waals surface area contributed by atoms with Gasteiger partial charge in [0.25, 0.3) is 0 Å². The maximum atomic E-state index is 11.3. The average molecular weight is 141 g/mol. The largest absolute Gasteiger partial charge is 0.298 e. The van der Waals surface area contributed by atoms with Gasteiger partial charge in [-0.3, -0.25) is 9.69 Å². The molecule has 1 atom stereocenters. The number of hydrogen-bond donors (Lipinski definition) is 0. The zero-order valence-electron chi connectivity index (χ0n) is 7.14. The van der Waals surface area contributed by atoms with Crippen molar-refractivity contribution in [1.82, 2.24) is 4.90 Å². The maximum absolute atomic E-state index is 11.3. The Morgan fingerprint density at radius 3 is 2.20 bits per heavy atom. The molecule has 1 saturated heterocycles. The van der Waals surface area contributed by atoms with Crippen molar-refractivity contribution in [1.29, 1.82) is 0 Å². The number of carbonyl (C=O) groups is 1. The van der Waals surface area contributed by atoms with Gasteiger partial charge < -0.3 is 0 Å². The third-order valence-corrected chi connectivity index (χ3v) is 2.71. The van der Waals surface area contributed by atoms with E-state index >= 15 is 0 Å². The van der Waals surface area contributed by atoms with E-state index in [1.165, 1.54) is 0 Å². The van der Waals surface area contributed by atoms with Gasteiger partial charge in [-0.15, -0.1) is 0 Å². The van der Waals surface area contributed by atoms with Gasteiger partial charge in [-0.2, -0.15) is 0 Å². The molecular weight excluding hydrogens is 126 g/mol. The predicted octanol–water partition coefficient (Wildman–Crippen LogP) is 1.06. The number of ketones is 1. The van der Waals surface area contributed by atoms with Crippen molar-refractivity contribution in [2.45, 2.75) is 38.8 Å². The van der Waals surface area contributed by atoms with Gasteiger partial charge in [-0.25, -0.2) is 0 Å². The van der Waals surface area contributed by atoms with Crippen molar-refractivity contribution in [3.8, 4) is 0 Å². The highest BCUT2D eigenvalue weighted by atomic mass is 16.1. The highest BCUT2D eigenvalue weighted by Crippen LogP contribution is 2.27. The Morgan fingerprint density at radius 1 is 1.60 bits per heavy atom. The summed E-state index contributed by atoms with van der Waals surface area (Å²) in [7, 11) is 2.01. The van der Waals surface area contributed by atoms with E-state index in [0.717, 1.165) is 0 Å². The Hall–Kier alpha value is -0.370. The lowest BCUT2D eigenvalue weighted by Gasteiger charge is -2.28. The molecule has 2 nitrogen and oxygen atoms in total. The van der Waals surface area contributed by atoms with Crippen molar-refractivity contribution >= 4 is 5.78 Å². The van der Waals surface area contributed by atoms with E-state index in [9.17, 15) is 4.79 Å². The van der Waals surface area contributed by atoms with E-state index in [4.69, 9.17) is 0 Å². The van der Waals surface area contributed by atoms with Gasteiger partial charge in [0.15, 0.2) is 5.78 Å². The van der Waals surface area contributed by atoms with E-state index in [2.05, 4.69) is 11.8 Å². The summed E-state index contributed by atoms with van der Waals surface area (Å²) in [5.74, 6) is 0.363. The first-order valence-corrected chi connectivity index (χ1v) is 3.72. The van der Waals surface area contributed by atoms with Crippen molar-refractivity contribution < 1.29 is 4.79 Å². The standard InChI is InChI=1S/C8H15NO/c1-6-5-7(10)8(2,3)9(6)4/h6H,5H2,1-4H3. The van der Waals surface area contributed by atoms with Crippen molar-refractivity contribution in [3.05, 3.63) is 0 Å². The van der Waals surface area contributed by atoms with Crippen LogP contribution in [0.15, 0.2) is 0 Å². The van der Waals surface area contributed by atoms with Crippen LogP contribution in [0.4, 0.5) is 0 Å². The minimum Gasteiger partial charge on any atom is -0.298 e. The second kappa shape index (κ2) is 2.06. The third-order valence-electron chi connectivity index (χ3n) is 2.71. The quantitative estimate of drug-likeness (QED) is 0.502. The van der Waals surface area contributed by atoms with E-state index in [1.807, 2.05) is 20.9 Å². The fourth-order valence-corrected chi connectivity index (χ4v) is 1.40.